The van der Waals surface area contributed by atoms with Gasteiger partial charge in [0, 0.05) is 12.1 Å². The molecule has 2 aromatic rings. The lowest BCUT2D eigenvalue weighted by atomic mass is 10.2. The normalized spacial score (nSPS) is 10.7. The molecule has 0 N–H and O–H groups in total. The van der Waals surface area contributed by atoms with Crippen molar-refractivity contribution in [2.45, 2.75) is 19.0 Å². The van der Waals surface area contributed by atoms with Gasteiger partial charge in [-0.2, -0.15) is 0 Å². The molecule has 114 valence electrons. The predicted octanol–water partition coefficient (Wildman–Crippen LogP) is 3.17. The van der Waals surface area contributed by atoms with Gasteiger partial charge in [-0.05, 0) is 20.1 Å². The summed E-state index contributed by atoms with van der Waals surface area (Å²) >= 11 is 1.37. The third kappa shape index (κ3) is 2.92. The van der Waals surface area contributed by atoms with Crippen molar-refractivity contribution in [2.24, 2.45) is 0 Å². The second-order valence-corrected chi connectivity index (χ2v) is 4.83. The molecule has 1 heterocycles. The summed E-state index contributed by atoms with van der Waals surface area (Å²) in [4.78, 5) is 16.4. The van der Waals surface area contributed by atoms with E-state index in [9.17, 15) is 4.79 Å². The van der Waals surface area contributed by atoms with Crippen LogP contribution in [0.5, 0.6) is 11.5 Å². The quantitative estimate of drug-likeness (QED) is 0.790. The van der Waals surface area contributed by atoms with E-state index in [0.717, 1.165) is 0 Å². The molecule has 0 radical (unpaired) electrons. The van der Waals surface area contributed by atoms with Gasteiger partial charge in [-0.3, -0.25) is 0 Å². The van der Waals surface area contributed by atoms with Crippen LogP contribution in [0.3, 0.4) is 0 Å². The molecule has 0 unspecified atom stereocenters. The lowest BCUT2D eigenvalue weighted by Gasteiger charge is -2.11. The monoisotopic (exact) mass is 310 g/mol. The van der Waals surface area contributed by atoms with Gasteiger partial charge in [-0.15, -0.1) is 0 Å². The van der Waals surface area contributed by atoms with Crippen LogP contribution in [0, 0.1) is 0 Å². The predicted molar refractivity (Wildman–Crippen MR) is 81.7 cm³/mol. The summed E-state index contributed by atoms with van der Waals surface area (Å²) in [7, 11) is 1.34. The number of aromatic nitrogens is 2. The first kappa shape index (κ1) is 15.5. The highest BCUT2D eigenvalue weighted by Gasteiger charge is 2.19. The minimum Gasteiger partial charge on any atom is -0.490 e. The number of methoxy groups -OCH3 is 1. The van der Waals surface area contributed by atoms with Crippen LogP contribution in [0.4, 0.5) is 4.79 Å². The van der Waals surface area contributed by atoms with Gasteiger partial charge < -0.3 is 14.2 Å². The molecule has 0 bridgehead atoms. The van der Waals surface area contributed by atoms with Crippen molar-refractivity contribution in [3.63, 3.8) is 0 Å². The van der Waals surface area contributed by atoms with Gasteiger partial charge in [0.15, 0.2) is 16.7 Å². The number of fused-ring (bicyclic) bond motifs is 1. The van der Waals surface area contributed by atoms with Gasteiger partial charge in [0.05, 0.1) is 31.4 Å². The molecule has 6 nitrogen and oxygen atoms in total. The van der Waals surface area contributed by atoms with Crippen LogP contribution in [0.25, 0.3) is 11.0 Å². The average molecular weight is 310 g/mol. The molecule has 0 aliphatic heterocycles. The van der Waals surface area contributed by atoms with E-state index in [-0.39, 0.29) is 0 Å². The smallest absolute Gasteiger partial charge is 0.420 e. The Labute approximate surface area is 127 Å². The fourth-order valence-electron chi connectivity index (χ4n) is 2.00. The van der Waals surface area contributed by atoms with E-state index in [1.807, 2.05) is 20.1 Å². The molecular weight excluding hydrogens is 292 g/mol. The standard InChI is InChI=1S/C14H18N2O4S/c1-5-19-11-7-9-10(8-12(11)20-6-2)16(14(17)18-3)13(15-9)21-4/h7-8H,5-6H2,1-4H3. The minimum absolute atomic E-state index is 0.478. The van der Waals surface area contributed by atoms with Gasteiger partial charge in [0.2, 0.25) is 0 Å². The summed E-state index contributed by atoms with van der Waals surface area (Å²) in [5, 5.41) is 0.563. The molecule has 0 saturated carbocycles. The molecule has 0 aliphatic rings. The van der Waals surface area contributed by atoms with Gasteiger partial charge >= 0.3 is 6.09 Å². The van der Waals surface area contributed by atoms with Crippen molar-refractivity contribution < 1.29 is 19.0 Å². The summed E-state index contributed by atoms with van der Waals surface area (Å²) in [6.45, 7) is 4.83. The third-order valence-electron chi connectivity index (χ3n) is 2.83. The Hall–Kier alpha value is -1.89. The number of rotatable bonds is 5. The van der Waals surface area contributed by atoms with Crippen molar-refractivity contribution in [1.82, 2.24) is 9.55 Å². The summed E-state index contributed by atoms with van der Waals surface area (Å²) in [6.07, 6.45) is 1.38. The molecule has 0 aliphatic carbocycles. The Morgan fingerprint density at radius 1 is 1.24 bits per heavy atom. The number of benzene rings is 1. The first-order chi connectivity index (χ1) is 10.2. The third-order valence-corrected chi connectivity index (χ3v) is 3.47. The zero-order chi connectivity index (χ0) is 15.4. The molecule has 0 atom stereocenters. The van der Waals surface area contributed by atoms with Crippen LogP contribution in [0.2, 0.25) is 0 Å². The Balaban J connectivity index is 2.67. The highest BCUT2D eigenvalue weighted by atomic mass is 32.2. The van der Waals surface area contributed by atoms with Gasteiger partial charge in [0.25, 0.3) is 0 Å². The zero-order valence-corrected chi connectivity index (χ0v) is 13.3. The lowest BCUT2D eigenvalue weighted by molar-refractivity contribution is 0.171. The molecule has 0 fully saturated rings. The topological polar surface area (TPSA) is 62.6 Å². The number of carbonyl (C=O) groups is 1. The van der Waals surface area contributed by atoms with E-state index in [4.69, 9.17) is 14.2 Å². The van der Waals surface area contributed by atoms with E-state index in [1.165, 1.54) is 23.4 Å². The molecule has 0 amide bonds. The number of nitrogens with zero attached hydrogens (tertiary/aromatic N) is 2. The molecule has 7 heteroatoms. The number of carbonyl (C=O) groups excluding carboxylic acids is 1. The van der Waals surface area contributed by atoms with E-state index in [1.54, 1.807) is 12.1 Å². The van der Waals surface area contributed by atoms with Gasteiger partial charge in [-0.1, -0.05) is 11.8 Å². The van der Waals surface area contributed by atoms with E-state index >= 15 is 0 Å². The van der Waals surface area contributed by atoms with Crippen LogP contribution in [-0.4, -0.2) is 42.2 Å². The number of ether oxygens (including phenoxy) is 3. The fraction of sp³-hybridized carbons (Fsp3) is 0.429. The van der Waals surface area contributed by atoms with E-state index in [2.05, 4.69) is 4.98 Å². The number of thioether (sulfide) groups is 1. The lowest BCUT2D eigenvalue weighted by Crippen LogP contribution is -2.12. The average Bonchev–Trinajstić information content (AvgIpc) is 2.84. The Morgan fingerprint density at radius 3 is 2.38 bits per heavy atom. The van der Waals surface area contributed by atoms with Crippen LogP contribution in [0.15, 0.2) is 17.3 Å². The van der Waals surface area contributed by atoms with Crippen LogP contribution < -0.4 is 9.47 Å². The fourth-order valence-corrected chi connectivity index (χ4v) is 2.55. The molecule has 21 heavy (non-hydrogen) atoms. The van der Waals surface area contributed by atoms with Gasteiger partial charge in [-0.25, -0.2) is 14.3 Å². The maximum absolute atomic E-state index is 12.0. The van der Waals surface area contributed by atoms with Crippen molar-refractivity contribution in [2.75, 3.05) is 26.6 Å². The number of hydrogen-bond donors (Lipinski definition) is 0. The second kappa shape index (κ2) is 6.71. The highest BCUT2D eigenvalue weighted by molar-refractivity contribution is 7.98. The number of imidazole rings is 1. The summed E-state index contributed by atoms with van der Waals surface area (Å²) in [6, 6.07) is 3.54. The molecule has 0 spiro atoms. The molecular formula is C14H18N2O4S. The van der Waals surface area contributed by atoms with Crippen molar-refractivity contribution in [3.05, 3.63) is 12.1 Å². The molecule has 0 saturated heterocycles. The first-order valence-corrected chi connectivity index (χ1v) is 7.83. The number of hydrogen-bond acceptors (Lipinski definition) is 6. The van der Waals surface area contributed by atoms with Crippen molar-refractivity contribution in [1.29, 1.82) is 0 Å². The summed E-state index contributed by atoms with van der Waals surface area (Å²) < 4.78 is 17.4. The molecule has 1 aromatic carbocycles. The van der Waals surface area contributed by atoms with Crippen molar-refractivity contribution >= 4 is 28.9 Å². The summed E-state index contributed by atoms with van der Waals surface area (Å²) in [5.41, 5.74) is 1.30. The van der Waals surface area contributed by atoms with E-state index < -0.39 is 6.09 Å². The van der Waals surface area contributed by atoms with E-state index in [0.29, 0.717) is 40.9 Å². The largest absolute Gasteiger partial charge is 0.490 e. The maximum Gasteiger partial charge on any atom is 0.420 e. The maximum atomic E-state index is 12.0. The second-order valence-electron chi connectivity index (χ2n) is 4.06. The molecule has 2 rings (SSSR count). The summed E-state index contributed by atoms with van der Waals surface area (Å²) in [5.74, 6) is 1.21. The van der Waals surface area contributed by atoms with Gasteiger partial charge in [0.1, 0.15) is 0 Å². The highest BCUT2D eigenvalue weighted by Crippen LogP contribution is 2.34. The van der Waals surface area contributed by atoms with Crippen LogP contribution in [0.1, 0.15) is 13.8 Å². The Kier molecular flexibility index (Phi) is 4.95. The van der Waals surface area contributed by atoms with Crippen molar-refractivity contribution in [3.8, 4) is 11.5 Å². The minimum atomic E-state index is -0.478. The molecule has 1 aromatic heterocycles. The SMILES string of the molecule is CCOc1cc2nc(SC)n(C(=O)OC)c2cc1OCC. The Morgan fingerprint density at radius 2 is 1.86 bits per heavy atom. The first-order valence-electron chi connectivity index (χ1n) is 6.60. The van der Waals surface area contributed by atoms with Crippen LogP contribution >= 0.6 is 11.8 Å². The Bertz CT molecular complexity index is 654. The zero-order valence-electron chi connectivity index (χ0n) is 12.5. The van der Waals surface area contributed by atoms with Crippen LogP contribution in [-0.2, 0) is 4.74 Å².